The van der Waals surface area contributed by atoms with Crippen LogP contribution < -0.4 is 10.6 Å². The maximum absolute atomic E-state index is 13.0. The third-order valence-corrected chi connectivity index (χ3v) is 6.10. The molecule has 1 aromatic rings. The maximum atomic E-state index is 13.0. The highest BCUT2D eigenvalue weighted by molar-refractivity contribution is 7.16. The Morgan fingerprint density at radius 3 is 2.83 bits per heavy atom. The van der Waals surface area contributed by atoms with Gasteiger partial charge in [-0.25, -0.2) is 4.98 Å². The third-order valence-electron chi connectivity index (χ3n) is 4.92. The van der Waals surface area contributed by atoms with E-state index in [9.17, 15) is 4.79 Å². The van der Waals surface area contributed by atoms with Crippen molar-refractivity contribution in [2.75, 3.05) is 18.0 Å². The van der Waals surface area contributed by atoms with Gasteiger partial charge in [0.2, 0.25) is 5.91 Å². The van der Waals surface area contributed by atoms with Gasteiger partial charge in [-0.05, 0) is 51.0 Å². The second-order valence-corrected chi connectivity index (χ2v) is 7.41. The number of hydrogen-bond donors (Lipinski definition) is 1. The lowest BCUT2D eigenvalue weighted by molar-refractivity contribution is -0.123. The van der Waals surface area contributed by atoms with E-state index in [1.807, 2.05) is 4.90 Å². The van der Waals surface area contributed by atoms with Gasteiger partial charge >= 0.3 is 0 Å². The Morgan fingerprint density at radius 1 is 1.35 bits per heavy atom. The molecule has 2 aliphatic rings. The van der Waals surface area contributed by atoms with Gasteiger partial charge in [-0.1, -0.05) is 12.5 Å². The van der Waals surface area contributed by atoms with Gasteiger partial charge in [0, 0.05) is 17.3 Å². The molecule has 0 unspecified atom stereocenters. The molecule has 6 heteroatoms. The summed E-state index contributed by atoms with van der Waals surface area (Å²) in [5.41, 5.74) is 7.05. The molecule has 1 heterocycles. The number of carbonyl (C=O) groups is 1. The summed E-state index contributed by atoms with van der Waals surface area (Å²) in [5.74, 6) is 0.583. The number of nitrogens with zero attached hydrogens (tertiary/aromatic N) is 2. The summed E-state index contributed by atoms with van der Waals surface area (Å²) in [4.78, 5) is 21.0. The van der Waals surface area contributed by atoms with Crippen molar-refractivity contribution < 1.29 is 4.79 Å². The van der Waals surface area contributed by atoms with E-state index in [4.69, 9.17) is 10.7 Å². The molecule has 1 fully saturated rings. The lowest BCUT2D eigenvalue weighted by atomic mass is 9.95. The Balaban J connectivity index is 0.00000192. The van der Waals surface area contributed by atoms with Crippen LogP contribution in [0.15, 0.2) is 12.7 Å². The van der Waals surface area contributed by atoms with E-state index in [1.165, 1.54) is 23.4 Å². The minimum atomic E-state index is 0. The molecular formula is C17H26ClN3OS. The van der Waals surface area contributed by atoms with Crippen molar-refractivity contribution in [3.05, 3.63) is 23.2 Å². The third kappa shape index (κ3) is 3.78. The van der Waals surface area contributed by atoms with Crippen LogP contribution in [0.5, 0.6) is 0 Å². The van der Waals surface area contributed by atoms with Gasteiger partial charge in [0.05, 0.1) is 5.69 Å². The summed E-state index contributed by atoms with van der Waals surface area (Å²) in [5, 5.41) is 0.861. The molecular weight excluding hydrogens is 330 g/mol. The largest absolute Gasteiger partial charge is 0.330 e. The highest BCUT2D eigenvalue weighted by Gasteiger charge is 2.36. The summed E-state index contributed by atoms with van der Waals surface area (Å²) in [6.07, 6.45) is 9.54. The van der Waals surface area contributed by atoms with Crippen molar-refractivity contribution in [2.24, 2.45) is 17.6 Å². The maximum Gasteiger partial charge on any atom is 0.232 e. The molecule has 2 atom stereocenters. The number of anilines is 1. The number of amides is 1. The Kier molecular flexibility index (Phi) is 6.62. The normalized spacial score (nSPS) is 23.0. The predicted octanol–water partition coefficient (Wildman–Crippen LogP) is 3.34. The molecule has 1 aromatic heterocycles. The monoisotopic (exact) mass is 355 g/mol. The number of thiazole rings is 1. The molecule has 0 saturated heterocycles. The number of fused-ring (bicyclic) bond motifs is 1. The fourth-order valence-corrected chi connectivity index (χ4v) is 4.85. The van der Waals surface area contributed by atoms with E-state index < -0.39 is 0 Å². The molecule has 0 radical (unpaired) electrons. The summed E-state index contributed by atoms with van der Waals surface area (Å²) in [7, 11) is 0. The predicted molar refractivity (Wildman–Crippen MR) is 98.4 cm³/mol. The molecule has 4 nitrogen and oxygen atoms in total. The van der Waals surface area contributed by atoms with Gasteiger partial charge in [0.15, 0.2) is 5.13 Å². The first kappa shape index (κ1) is 18.4. The summed E-state index contributed by atoms with van der Waals surface area (Å²) >= 11 is 1.69. The number of rotatable bonds is 5. The molecule has 23 heavy (non-hydrogen) atoms. The molecule has 2 aliphatic carbocycles. The average Bonchev–Trinajstić information content (AvgIpc) is 3.17. The van der Waals surface area contributed by atoms with E-state index in [1.54, 1.807) is 17.4 Å². The fourth-order valence-electron chi connectivity index (χ4n) is 3.69. The Morgan fingerprint density at radius 2 is 2.13 bits per heavy atom. The van der Waals surface area contributed by atoms with E-state index in [0.29, 0.717) is 19.0 Å². The van der Waals surface area contributed by atoms with Crippen molar-refractivity contribution in [1.82, 2.24) is 4.98 Å². The van der Waals surface area contributed by atoms with Crippen molar-refractivity contribution in [3.8, 4) is 0 Å². The van der Waals surface area contributed by atoms with Gasteiger partial charge in [0.1, 0.15) is 0 Å². The quantitative estimate of drug-likeness (QED) is 0.824. The van der Waals surface area contributed by atoms with E-state index in [-0.39, 0.29) is 24.2 Å². The molecule has 3 rings (SSSR count). The van der Waals surface area contributed by atoms with Crippen molar-refractivity contribution in [3.63, 3.8) is 0 Å². The number of hydrogen-bond acceptors (Lipinski definition) is 4. The molecule has 1 amide bonds. The van der Waals surface area contributed by atoms with Crippen LogP contribution in [0.4, 0.5) is 5.13 Å². The Hall–Kier alpha value is -0.910. The smallest absolute Gasteiger partial charge is 0.232 e. The van der Waals surface area contributed by atoms with Crippen LogP contribution >= 0.6 is 23.7 Å². The van der Waals surface area contributed by atoms with Crippen LogP contribution in [0, 0.1) is 11.8 Å². The zero-order valence-electron chi connectivity index (χ0n) is 13.5. The van der Waals surface area contributed by atoms with Crippen LogP contribution in [0.3, 0.4) is 0 Å². The number of aromatic nitrogens is 1. The lowest BCUT2D eigenvalue weighted by Gasteiger charge is -2.25. The highest BCUT2D eigenvalue weighted by Crippen LogP contribution is 2.36. The molecule has 0 aromatic carbocycles. The van der Waals surface area contributed by atoms with E-state index in [0.717, 1.165) is 37.2 Å². The zero-order valence-corrected chi connectivity index (χ0v) is 15.1. The lowest BCUT2D eigenvalue weighted by Crippen LogP contribution is -2.39. The average molecular weight is 356 g/mol. The molecule has 128 valence electrons. The van der Waals surface area contributed by atoms with Crippen LogP contribution in [0.25, 0.3) is 0 Å². The van der Waals surface area contributed by atoms with Crippen LogP contribution in [-0.2, 0) is 17.6 Å². The van der Waals surface area contributed by atoms with Crippen molar-refractivity contribution in [2.45, 2.75) is 44.9 Å². The van der Waals surface area contributed by atoms with Crippen molar-refractivity contribution in [1.29, 1.82) is 0 Å². The van der Waals surface area contributed by atoms with Gasteiger partial charge in [0.25, 0.3) is 0 Å². The number of carbonyl (C=O) groups excluding carboxylic acids is 1. The topological polar surface area (TPSA) is 59.2 Å². The van der Waals surface area contributed by atoms with E-state index >= 15 is 0 Å². The SMILES string of the molecule is C=CCN(C(=O)[C@@H]1CCC[C@@H]1CN)c1nc2c(s1)CCCC2.Cl. The van der Waals surface area contributed by atoms with E-state index in [2.05, 4.69) is 6.58 Å². The first-order valence-electron chi connectivity index (χ1n) is 8.35. The summed E-state index contributed by atoms with van der Waals surface area (Å²) in [6.45, 7) is 4.96. The fraction of sp³-hybridized carbons (Fsp3) is 0.647. The summed E-state index contributed by atoms with van der Waals surface area (Å²) in [6, 6.07) is 0. The molecule has 1 saturated carbocycles. The Labute approximate surface area is 148 Å². The first-order valence-corrected chi connectivity index (χ1v) is 9.17. The highest BCUT2D eigenvalue weighted by atomic mass is 35.5. The molecule has 0 aliphatic heterocycles. The van der Waals surface area contributed by atoms with Crippen molar-refractivity contribution >= 4 is 34.8 Å². The minimum Gasteiger partial charge on any atom is -0.330 e. The summed E-state index contributed by atoms with van der Waals surface area (Å²) < 4.78 is 0. The number of halogens is 1. The number of nitrogens with two attached hydrogens (primary N) is 1. The Bertz CT molecular complexity index is 537. The van der Waals surface area contributed by atoms with Gasteiger partial charge in [-0.2, -0.15) is 0 Å². The van der Waals surface area contributed by atoms with Crippen LogP contribution in [-0.4, -0.2) is 24.0 Å². The second kappa shape index (κ2) is 8.27. The standard InChI is InChI=1S/C17H25N3OS.ClH/c1-2-10-20(16(21)13-7-5-6-12(13)11-18)17-19-14-8-3-4-9-15(14)22-17;/h2,12-13H,1,3-11,18H2;1H/t12-,13-;/m1./s1. The van der Waals surface area contributed by atoms with Gasteiger partial charge in [-0.3, -0.25) is 9.69 Å². The molecule has 0 spiro atoms. The number of aryl methyl sites for hydroxylation is 2. The zero-order chi connectivity index (χ0) is 15.5. The van der Waals surface area contributed by atoms with Crippen LogP contribution in [0.2, 0.25) is 0 Å². The van der Waals surface area contributed by atoms with Gasteiger partial charge in [-0.15, -0.1) is 30.3 Å². The first-order chi connectivity index (χ1) is 10.7. The van der Waals surface area contributed by atoms with Crippen LogP contribution in [0.1, 0.15) is 42.7 Å². The molecule has 0 bridgehead atoms. The minimum absolute atomic E-state index is 0. The molecule has 2 N–H and O–H groups in total. The second-order valence-electron chi connectivity index (χ2n) is 6.34. The van der Waals surface area contributed by atoms with Gasteiger partial charge < -0.3 is 5.73 Å².